The molecular formula is C25H25F5O. The molecule has 0 N–H and O–H groups in total. The first kappa shape index (κ1) is 23.0. The number of hydrogen-bond acceptors (Lipinski definition) is 1. The molecule has 1 nitrogen and oxygen atoms in total. The third-order valence-electron chi connectivity index (χ3n) is 5.48. The number of ether oxygens (including phenoxy) is 1. The summed E-state index contributed by atoms with van der Waals surface area (Å²) in [7, 11) is 0. The van der Waals surface area contributed by atoms with E-state index in [1.54, 1.807) is 12.1 Å². The SMILES string of the molecule is CCCC(CCCc1ccc2cc(C)ccc2c1F)c1ccc(OC(F)(F)F)c(F)c1. The van der Waals surface area contributed by atoms with Gasteiger partial charge < -0.3 is 4.74 Å². The first-order valence-electron chi connectivity index (χ1n) is 10.4. The molecule has 0 saturated heterocycles. The first-order chi connectivity index (χ1) is 14.7. The zero-order chi connectivity index (χ0) is 22.6. The van der Waals surface area contributed by atoms with Gasteiger partial charge in [-0.25, -0.2) is 8.78 Å². The molecule has 0 fully saturated rings. The smallest absolute Gasteiger partial charge is 0.403 e. The van der Waals surface area contributed by atoms with E-state index in [1.807, 2.05) is 32.0 Å². The van der Waals surface area contributed by atoms with Crippen molar-refractivity contribution < 1.29 is 26.7 Å². The van der Waals surface area contributed by atoms with Gasteiger partial charge in [0.25, 0.3) is 0 Å². The van der Waals surface area contributed by atoms with Crippen LogP contribution in [0.15, 0.2) is 48.5 Å². The van der Waals surface area contributed by atoms with Crippen LogP contribution in [0.3, 0.4) is 0 Å². The second-order valence-corrected chi connectivity index (χ2v) is 7.88. The second kappa shape index (κ2) is 9.67. The minimum Gasteiger partial charge on any atom is -0.403 e. The summed E-state index contributed by atoms with van der Waals surface area (Å²) in [6.07, 6.45) is -1.43. The molecule has 166 valence electrons. The van der Waals surface area contributed by atoms with Gasteiger partial charge in [-0.1, -0.05) is 55.3 Å². The standard InChI is InChI=1S/C25H25F5O/c1-3-5-17(19-11-13-23(22(26)15-19)31-25(28,29)30)6-4-7-18-9-10-20-14-16(2)8-12-21(20)24(18)27/h8-15,17H,3-7H2,1-2H3. The minimum absolute atomic E-state index is 0.0226. The van der Waals surface area contributed by atoms with Crippen molar-refractivity contribution in [3.8, 4) is 5.75 Å². The van der Waals surface area contributed by atoms with Gasteiger partial charge in [0, 0.05) is 5.39 Å². The van der Waals surface area contributed by atoms with Crippen molar-refractivity contribution in [1.82, 2.24) is 0 Å². The number of fused-ring (bicyclic) bond motifs is 1. The maximum absolute atomic E-state index is 14.9. The lowest BCUT2D eigenvalue weighted by Crippen LogP contribution is -2.18. The summed E-state index contributed by atoms with van der Waals surface area (Å²) in [4.78, 5) is 0. The zero-order valence-electron chi connectivity index (χ0n) is 17.5. The lowest BCUT2D eigenvalue weighted by molar-refractivity contribution is -0.275. The molecule has 0 aromatic heterocycles. The maximum Gasteiger partial charge on any atom is 0.573 e. The van der Waals surface area contributed by atoms with Crippen LogP contribution in [0, 0.1) is 18.6 Å². The molecule has 0 bridgehead atoms. The molecule has 3 rings (SSSR count). The normalized spacial score (nSPS) is 12.9. The average molecular weight is 436 g/mol. The van der Waals surface area contributed by atoms with Crippen LogP contribution >= 0.6 is 0 Å². The Hall–Kier alpha value is -2.63. The van der Waals surface area contributed by atoms with Gasteiger partial charge in [0.2, 0.25) is 0 Å². The molecule has 0 amide bonds. The average Bonchev–Trinajstić information content (AvgIpc) is 2.69. The maximum atomic E-state index is 14.9. The Bertz CT molecular complexity index is 1040. The van der Waals surface area contributed by atoms with E-state index in [2.05, 4.69) is 4.74 Å². The van der Waals surface area contributed by atoms with Crippen molar-refractivity contribution in [2.75, 3.05) is 0 Å². The lowest BCUT2D eigenvalue weighted by Gasteiger charge is -2.18. The van der Waals surface area contributed by atoms with Gasteiger partial charge in [-0.3, -0.25) is 0 Å². The highest BCUT2D eigenvalue weighted by Gasteiger charge is 2.32. The van der Waals surface area contributed by atoms with Gasteiger partial charge in [-0.2, -0.15) is 0 Å². The van der Waals surface area contributed by atoms with E-state index >= 15 is 0 Å². The molecule has 6 heteroatoms. The van der Waals surface area contributed by atoms with Crippen LogP contribution in [0.2, 0.25) is 0 Å². The Balaban J connectivity index is 1.70. The predicted molar refractivity (Wildman–Crippen MR) is 112 cm³/mol. The number of alkyl halides is 3. The van der Waals surface area contributed by atoms with E-state index in [1.165, 1.54) is 6.07 Å². The zero-order valence-corrected chi connectivity index (χ0v) is 17.5. The molecule has 3 aromatic rings. The molecule has 1 unspecified atom stereocenters. The summed E-state index contributed by atoms with van der Waals surface area (Å²) in [5.74, 6) is -2.11. The van der Waals surface area contributed by atoms with E-state index in [-0.39, 0.29) is 11.7 Å². The summed E-state index contributed by atoms with van der Waals surface area (Å²) < 4.78 is 69.8. The van der Waals surface area contributed by atoms with Crippen LogP contribution < -0.4 is 4.74 Å². The Morgan fingerprint density at radius 2 is 1.71 bits per heavy atom. The van der Waals surface area contributed by atoms with Crippen LogP contribution in [0.5, 0.6) is 5.75 Å². The topological polar surface area (TPSA) is 9.23 Å². The predicted octanol–water partition coefficient (Wildman–Crippen LogP) is 8.23. The summed E-state index contributed by atoms with van der Waals surface area (Å²) >= 11 is 0. The Kier molecular flexibility index (Phi) is 7.19. The number of halogens is 5. The van der Waals surface area contributed by atoms with Crippen molar-refractivity contribution >= 4 is 10.8 Å². The van der Waals surface area contributed by atoms with Gasteiger partial charge in [-0.15, -0.1) is 13.2 Å². The van der Waals surface area contributed by atoms with Crippen LogP contribution in [-0.4, -0.2) is 6.36 Å². The van der Waals surface area contributed by atoms with Gasteiger partial charge in [0.1, 0.15) is 5.82 Å². The molecule has 0 spiro atoms. The Labute approximate surface area is 178 Å². The third-order valence-corrected chi connectivity index (χ3v) is 5.48. The number of benzene rings is 3. The highest BCUT2D eigenvalue weighted by atomic mass is 19.4. The van der Waals surface area contributed by atoms with Gasteiger partial charge in [-0.05, 0) is 67.2 Å². The van der Waals surface area contributed by atoms with Crippen LogP contribution in [0.1, 0.15) is 55.2 Å². The molecule has 0 heterocycles. The molecule has 1 atom stereocenters. The molecule has 0 aliphatic rings. The second-order valence-electron chi connectivity index (χ2n) is 7.88. The van der Waals surface area contributed by atoms with Crippen LogP contribution in [0.25, 0.3) is 10.8 Å². The van der Waals surface area contributed by atoms with Crippen molar-refractivity contribution in [2.24, 2.45) is 0 Å². The van der Waals surface area contributed by atoms with Crippen molar-refractivity contribution in [1.29, 1.82) is 0 Å². The van der Waals surface area contributed by atoms with E-state index < -0.39 is 17.9 Å². The number of rotatable bonds is 8. The van der Waals surface area contributed by atoms with Crippen molar-refractivity contribution in [3.63, 3.8) is 0 Å². The molecule has 0 aliphatic heterocycles. The van der Waals surface area contributed by atoms with E-state index in [0.717, 1.165) is 35.9 Å². The Morgan fingerprint density at radius 3 is 2.39 bits per heavy atom. The van der Waals surface area contributed by atoms with Gasteiger partial charge in [0.05, 0.1) is 0 Å². The molecular weight excluding hydrogens is 411 g/mol. The number of aryl methyl sites for hydroxylation is 2. The summed E-state index contributed by atoms with van der Waals surface area (Å²) in [5.41, 5.74) is 2.33. The van der Waals surface area contributed by atoms with E-state index in [0.29, 0.717) is 35.8 Å². The molecule has 0 aliphatic carbocycles. The van der Waals surface area contributed by atoms with E-state index in [9.17, 15) is 22.0 Å². The largest absolute Gasteiger partial charge is 0.573 e. The van der Waals surface area contributed by atoms with Crippen molar-refractivity contribution in [3.05, 3.63) is 76.9 Å². The molecule has 0 saturated carbocycles. The monoisotopic (exact) mass is 436 g/mol. The fraction of sp³-hybridized carbons (Fsp3) is 0.360. The van der Waals surface area contributed by atoms with Gasteiger partial charge in [0.15, 0.2) is 11.6 Å². The number of hydrogen-bond donors (Lipinski definition) is 0. The molecule has 0 radical (unpaired) electrons. The van der Waals surface area contributed by atoms with E-state index in [4.69, 9.17) is 0 Å². The minimum atomic E-state index is -4.94. The van der Waals surface area contributed by atoms with Crippen LogP contribution in [0.4, 0.5) is 22.0 Å². The summed E-state index contributed by atoms with van der Waals surface area (Å²) in [6, 6.07) is 12.9. The van der Waals surface area contributed by atoms with Crippen LogP contribution in [-0.2, 0) is 6.42 Å². The summed E-state index contributed by atoms with van der Waals surface area (Å²) in [6.45, 7) is 3.96. The highest BCUT2D eigenvalue weighted by molar-refractivity contribution is 5.84. The van der Waals surface area contributed by atoms with Crippen molar-refractivity contribution in [2.45, 2.75) is 58.2 Å². The fourth-order valence-electron chi connectivity index (χ4n) is 3.99. The lowest BCUT2D eigenvalue weighted by atomic mass is 9.88. The molecule has 3 aromatic carbocycles. The summed E-state index contributed by atoms with van der Waals surface area (Å²) in [5, 5.41) is 1.46. The highest BCUT2D eigenvalue weighted by Crippen LogP contribution is 2.33. The van der Waals surface area contributed by atoms with Gasteiger partial charge >= 0.3 is 6.36 Å². The first-order valence-corrected chi connectivity index (χ1v) is 10.4. The quantitative estimate of drug-likeness (QED) is 0.323. The fourth-order valence-corrected chi connectivity index (χ4v) is 3.99. The molecule has 31 heavy (non-hydrogen) atoms. The third kappa shape index (κ3) is 5.96. The Morgan fingerprint density at radius 1 is 0.935 bits per heavy atom.